The van der Waals surface area contributed by atoms with E-state index in [2.05, 4.69) is 0 Å². The highest BCUT2D eigenvalue weighted by Gasteiger charge is 2.27. The summed E-state index contributed by atoms with van der Waals surface area (Å²) in [6.45, 7) is 11.9. The Hall–Kier alpha value is -2.59. The lowest BCUT2D eigenvalue weighted by atomic mass is 9.86. The van der Waals surface area contributed by atoms with Crippen molar-refractivity contribution >= 4 is 11.9 Å². The maximum atomic E-state index is 13.0. The van der Waals surface area contributed by atoms with Gasteiger partial charge < -0.3 is 14.7 Å². The molecule has 2 rings (SSSR count). The van der Waals surface area contributed by atoms with Crippen LogP contribution in [0, 0.1) is 5.92 Å². The molecule has 0 heterocycles. The van der Waals surface area contributed by atoms with E-state index >= 15 is 0 Å². The van der Waals surface area contributed by atoms with Crippen molar-refractivity contribution in [2.75, 3.05) is 0 Å². The number of carbonyl (C=O) groups is 1. The van der Waals surface area contributed by atoms with Crippen LogP contribution in [-0.4, -0.2) is 34.3 Å². The molecule has 4 nitrogen and oxygen atoms in total. The summed E-state index contributed by atoms with van der Waals surface area (Å²) in [4.78, 5) is 14.7. The number of ether oxygens (including phenoxy) is 1. The molecule has 2 aromatic carbocycles. The Bertz CT molecular complexity index is 805. The monoisotopic (exact) mass is 409 g/mol. The summed E-state index contributed by atoms with van der Waals surface area (Å²) in [6, 6.07) is 19.5. The number of carbonyl (C=O) groups excluding carboxylic acids is 1. The molecule has 1 N–H and O–H groups in total. The van der Waals surface area contributed by atoms with Gasteiger partial charge in [0.05, 0.1) is 6.10 Å². The molecule has 1 amide bonds. The second-order valence-corrected chi connectivity index (χ2v) is 8.53. The molecule has 0 bridgehead atoms. The van der Waals surface area contributed by atoms with Crippen LogP contribution in [0.4, 0.5) is 4.79 Å². The highest BCUT2D eigenvalue weighted by Crippen LogP contribution is 2.30. The number of aliphatic hydroxyl groups is 1. The third kappa shape index (κ3) is 6.20. The van der Waals surface area contributed by atoms with E-state index in [0.717, 1.165) is 11.1 Å². The molecule has 4 heteroatoms. The number of amides is 1. The standard InChI is InChI=1S/C26H35NO3/c1-18(2)25(28)23(21-13-9-7-10-14-21)17-24(22-15-11-8-12-16-22)30-26(29)27(19(3)4)20(5)6/h7-20,23,25,28H,1-6H3/b24-17-/t23-,25-/m1/s1. The molecule has 0 aliphatic carbocycles. The summed E-state index contributed by atoms with van der Waals surface area (Å²) in [5.74, 6) is 0.197. The van der Waals surface area contributed by atoms with Gasteiger partial charge in [-0.3, -0.25) is 0 Å². The third-order valence-electron chi connectivity index (χ3n) is 5.15. The fourth-order valence-electron chi connectivity index (χ4n) is 3.60. The summed E-state index contributed by atoms with van der Waals surface area (Å²) in [5.41, 5.74) is 1.78. The minimum atomic E-state index is -0.615. The Morgan fingerprint density at radius 3 is 1.83 bits per heavy atom. The molecule has 0 saturated carbocycles. The van der Waals surface area contributed by atoms with Gasteiger partial charge in [0.2, 0.25) is 0 Å². The van der Waals surface area contributed by atoms with Gasteiger partial charge in [0, 0.05) is 23.6 Å². The van der Waals surface area contributed by atoms with Gasteiger partial charge >= 0.3 is 6.09 Å². The van der Waals surface area contributed by atoms with Gasteiger partial charge in [-0.15, -0.1) is 0 Å². The molecule has 0 aliphatic rings. The van der Waals surface area contributed by atoms with Gasteiger partial charge in [-0.2, -0.15) is 0 Å². The summed E-state index contributed by atoms with van der Waals surface area (Å²) in [5, 5.41) is 11.0. The quantitative estimate of drug-likeness (QED) is 0.537. The topological polar surface area (TPSA) is 49.8 Å². The van der Waals surface area contributed by atoms with Crippen molar-refractivity contribution in [3.8, 4) is 0 Å². The molecular formula is C26H35NO3. The predicted octanol–water partition coefficient (Wildman–Crippen LogP) is 6.08. The highest BCUT2D eigenvalue weighted by molar-refractivity contribution is 5.77. The van der Waals surface area contributed by atoms with Crippen LogP contribution in [0.5, 0.6) is 0 Å². The molecule has 30 heavy (non-hydrogen) atoms. The number of hydrogen-bond donors (Lipinski definition) is 1. The number of hydrogen-bond acceptors (Lipinski definition) is 3. The summed E-state index contributed by atoms with van der Waals surface area (Å²) in [7, 11) is 0. The van der Waals surface area contributed by atoms with Crippen LogP contribution < -0.4 is 0 Å². The van der Waals surface area contributed by atoms with E-state index in [1.54, 1.807) is 4.90 Å². The number of nitrogens with zero attached hydrogens (tertiary/aromatic N) is 1. The van der Waals surface area contributed by atoms with E-state index in [0.29, 0.717) is 5.76 Å². The van der Waals surface area contributed by atoms with Crippen LogP contribution in [0.2, 0.25) is 0 Å². The van der Waals surface area contributed by atoms with Gasteiger partial charge in [-0.05, 0) is 45.3 Å². The second kappa shape index (κ2) is 11.0. The number of benzene rings is 2. The fraction of sp³-hybridized carbons (Fsp3) is 0.423. The first-order chi connectivity index (χ1) is 14.2. The van der Waals surface area contributed by atoms with Crippen molar-refractivity contribution in [1.82, 2.24) is 4.90 Å². The Morgan fingerprint density at radius 1 is 0.867 bits per heavy atom. The Kier molecular flexibility index (Phi) is 8.67. The van der Waals surface area contributed by atoms with Crippen molar-refractivity contribution in [1.29, 1.82) is 0 Å². The zero-order valence-corrected chi connectivity index (χ0v) is 18.9. The van der Waals surface area contributed by atoms with E-state index in [-0.39, 0.29) is 30.0 Å². The van der Waals surface area contributed by atoms with E-state index in [4.69, 9.17) is 4.74 Å². The lowest BCUT2D eigenvalue weighted by Crippen LogP contribution is -2.42. The number of rotatable bonds is 8. The molecule has 2 atom stereocenters. The smallest absolute Gasteiger partial charge is 0.410 e. The van der Waals surface area contributed by atoms with Gasteiger partial charge in [-0.1, -0.05) is 74.5 Å². The predicted molar refractivity (Wildman–Crippen MR) is 123 cm³/mol. The van der Waals surface area contributed by atoms with Crippen molar-refractivity contribution in [3.63, 3.8) is 0 Å². The highest BCUT2D eigenvalue weighted by atomic mass is 16.6. The zero-order chi connectivity index (χ0) is 22.3. The lowest BCUT2D eigenvalue weighted by molar-refractivity contribution is 0.106. The molecule has 162 valence electrons. The average molecular weight is 410 g/mol. The normalized spacial score (nSPS) is 14.1. The maximum Gasteiger partial charge on any atom is 0.415 e. The lowest BCUT2D eigenvalue weighted by Gasteiger charge is -2.30. The molecule has 0 aliphatic heterocycles. The van der Waals surface area contributed by atoms with Crippen LogP contribution in [0.15, 0.2) is 66.7 Å². The van der Waals surface area contributed by atoms with Gasteiger partial charge in [0.15, 0.2) is 0 Å². The zero-order valence-electron chi connectivity index (χ0n) is 18.9. The third-order valence-corrected chi connectivity index (χ3v) is 5.15. The summed E-state index contributed by atoms with van der Waals surface area (Å²) < 4.78 is 5.94. The van der Waals surface area contributed by atoms with E-state index in [1.807, 2.05) is 108 Å². The summed E-state index contributed by atoms with van der Waals surface area (Å²) in [6.07, 6.45) is 0.878. The Labute approximate surface area is 181 Å². The van der Waals surface area contributed by atoms with E-state index in [1.165, 1.54) is 0 Å². The minimum Gasteiger partial charge on any atom is -0.410 e. The number of aliphatic hydroxyl groups excluding tert-OH is 1. The van der Waals surface area contributed by atoms with Crippen LogP contribution in [0.25, 0.3) is 5.76 Å². The Balaban J connectivity index is 2.51. The second-order valence-electron chi connectivity index (χ2n) is 8.53. The molecule has 0 radical (unpaired) electrons. The maximum absolute atomic E-state index is 13.0. The van der Waals surface area contributed by atoms with Crippen LogP contribution in [0.3, 0.4) is 0 Å². The first kappa shape index (κ1) is 23.7. The first-order valence-electron chi connectivity index (χ1n) is 10.7. The molecule has 0 fully saturated rings. The average Bonchev–Trinajstić information content (AvgIpc) is 2.71. The first-order valence-corrected chi connectivity index (χ1v) is 10.7. The van der Waals surface area contributed by atoms with Crippen molar-refractivity contribution in [2.24, 2.45) is 5.92 Å². The van der Waals surface area contributed by atoms with Crippen molar-refractivity contribution in [3.05, 3.63) is 77.9 Å². The molecule has 2 aromatic rings. The largest absolute Gasteiger partial charge is 0.415 e. The van der Waals surface area contributed by atoms with Crippen molar-refractivity contribution in [2.45, 2.75) is 65.6 Å². The molecule has 0 spiro atoms. The SMILES string of the molecule is CC(C)[C@@H](O)[C@H](/C=C(\OC(=O)N(C(C)C)C(C)C)c1ccccc1)c1ccccc1. The van der Waals surface area contributed by atoms with Crippen molar-refractivity contribution < 1.29 is 14.6 Å². The van der Waals surface area contributed by atoms with Crippen LogP contribution >= 0.6 is 0 Å². The van der Waals surface area contributed by atoms with Gasteiger partial charge in [0.1, 0.15) is 5.76 Å². The van der Waals surface area contributed by atoms with Crippen LogP contribution in [-0.2, 0) is 4.74 Å². The summed E-state index contributed by atoms with van der Waals surface area (Å²) >= 11 is 0. The van der Waals surface area contributed by atoms with E-state index in [9.17, 15) is 9.90 Å². The molecule has 0 aromatic heterocycles. The Morgan fingerprint density at radius 2 is 1.37 bits per heavy atom. The fourth-order valence-corrected chi connectivity index (χ4v) is 3.60. The van der Waals surface area contributed by atoms with Gasteiger partial charge in [-0.25, -0.2) is 4.79 Å². The molecule has 0 unspecified atom stereocenters. The minimum absolute atomic E-state index is 0.0145. The van der Waals surface area contributed by atoms with E-state index < -0.39 is 6.10 Å². The van der Waals surface area contributed by atoms with Crippen LogP contribution in [0.1, 0.15) is 58.6 Å². The van der Waals surface area contributed by atoms with Gasteiger partial charge in [0.25, 0.3) is 0 Å². The molecule has 0 saturated heterocycles. The molecular weight excluding hydrogens is 374 g/mol.